The van der Waals surface area contributed by atoms with Crippen molar-refractivity contribution in [3.63, 3.8) is 0 Å². The minimum Gasteiger partial charge on any atom is -0.325 e. The van der Waals surface area contributed by atoms with E-state index in [1.54, 1.807) is 11.6 Å². The van der Waals surface area contributed by atoms with Crippen molar-refractivity contribution in [2.75, 3.05) is 23.7 Å². The van der Waals surface area contributed by atoms with Crippen molar-refractivity contribution < 1.29 is 14.0 Å². The van der Waals surface area contributed by atoms with Gasteiger partial charge in [0, 0.05) is 11.7 Å². The molecular weight excluding hydrogens is 433 g/mol. The molecule has 2 N–H and O–H groups in total. The second kappa shape index (κ2) is 10.2. The first-order chi connectivity index (χ1) is 16.3. The maximum Gasteiger partial charge on any atom is 0.259 e. The molecule has 1 aromatic heterocycles. The number of nitrogens with zero attached hydrogens (tertiary/aromatic N) is 3. The van der Waals surface area contributed by atoms with Crippen LogP contribution in [-0.4, -0.2) is 45.6 Å². The number of aromatic nitrogens is 2. The Morgan fingerprint density at radius 2 is 1.85 bits per heavy atom. The second-order valence-corrected chi connectivity index (χ2v) is 8.90. The molecule has 2 amide bonds. The molecule has 0 aliphatic carbocycles. The maximum absolute atomic E-state index is 14.5. The number of nitrogens with one attached hydrogen (secondary N) is 2. The van der Waals surface area contributed by atoms with Crippen molar-refractivity contribution in [3.05, 3.63) is 71.3 Å². The SMILES string of the molecule is Cc1ccc(-n2ncc(C(=O)Nc3cc(NC(=O)CN4CCCCC4C)ccc3F)c2C)cc1. The van der Waals surface area contributed by atoms with Crippen LogP contribution in [0.15, 0.2) is 48.7 Å². The minimum atomic E-state index is -0.584. The summed E-state index contributed by atoms with van der Waals surface area (Å²) in [6.45, 7) is 7.10. The van der Waals surface area contributed by atoms with Crippen molar-refractivity contribution in [1.82, 2.24) is 14.7 Å². The summed E-state index contributed by atoms with van der Waals surface area (Å²) >= 11 is 0. The summed E-state index contributed by atoms with van der Waals surface area (Å²) in [5, 5.41) is 9.75. The number of carbonyl (C=O) groups excluding carboxylic acids is 2. The molecule has 1 aliphatic heterocycles. The Kier molecular flexibility index (Phi) is 7.07. The van der Waals surface area contributed by atoms with E-state index in [4.69, 9.17) is 0 Å². The van der Waals surface area contributed by atoms with Crippen molar-refractivity contribution >= 4 is 23.2 Å². The Balaban J connectivity index is 1.45. The van der Waals surface area contributed by atoms with E-state index in [2.05, 4.69) is 27.6 Å². The van der Waals surface area contributed by atoms with E-state index in [0.29, 0.717) is 23.0 Å². The molecule has 0 spiro atoms. The van der Waals surface area contributed by atoms with Crippen LogP contribution in [0.2, 0.25) is 0 Å². The Morgan fingerprint density at radius 3 is 2.59 bits per heavy atom. The van der Waals surface area contributed by atoms with Gasteiger partial charge in [-0.1, -0.05) is 24.1 Å². The van der Waals surface area contributed by atoms with Gasteiger partial charge in [-0.2, -0.15) is 5.10 Å². The highest BCUT2D eigenvalue weighted by Gasteiger charge is 2.21. The quantitative estimate of drug-likeness (QED) is 0.556. The molecule has 178 valence electrons. The monoisotopic (exact) mass is 463 g/mol. The largest absolute Gasteiger partial charge is 0.325 e. The number of likely N-dealkylation sites (tertiary alicyclic amines) is 1. The van der Waals surface area contributed by atoms with Gasteiger partial charge in [-0.3, -0.25) is 14.5 Å². The van der Waals surface area contributed by atoms with Crippen molar-refractivity contribution in [3.8, 4) is 5.69 Å². The lowest BCUT2D eigenvalue weighted by Gasteiger charge is -2.32. The molecule has 1 saturated heterocycles. The summed E-state index contributed by atoms with van der Waals surface area (Å²) in [6.07, 6.45) is 4.82. The van der Waals surface area contributed by atoms with Gasteiger partial charge < -0.3 is 10.6 Å². The number of amides is 2. The molecule has 1 atom stereocenters. The van der Waals surface area contributed by atoms with Crippen LogP contribution in [-0.2, 0) is 4.79 Å². The Morgan fingerprint density at radius 1 is 1.09 bits per heavy atom. The van der Waals surface area contributed by atoms with E-state index in [9.17, 15) is 14.0 Å². The predicted octanol–water partition coefficient (Wildman–Crippen LogP) is 4.69. The third-order valence-corrected chi connectivity index (χ3v) is 6.32. The third kappa shape index (κ3) is 5.34. The fourth-order valence-electron chi connectivity index (χ4n) is 4.24. The normalized spacial score (nSPS) is 16.3. The van der Waals surface area contributed by atoms with Crippen LogP contribution in [0.1, 0.15) is 47.8 Å². The number of hydrogen-bond acceptors (Lipinski definition) is 4. The summed E-state index contributed by atoms with van der Waals surface area (Å²) in [4.78, 5) is 27.6. The number of piperidine rings is 1. The molecule has 0 radical (unpaired) electrons. The molecule has 1 unspecified atom stereocenters. The molecule has 1 fully saturated rings. The third-order valence-electron chi connectivity index (χ3n) is 6.32. The number of halogens is 1. The highest BCUT2D eigenvalue weighted by molar-refractivity contribution is 6.05. The standard InChI is InChI=1S/C26H30FN5O2/c1-17-7-10-21(11-8-17)32-19(3)22(15-28-32)26(34)30-24-14-20(9-12-23(24)27)29-25(33)16-31-13-5-4-6-18(31)2/h7-12,14-15,18H,4-6,13,16H2,1-3H3,(H,29,33)(H,30,34). The zero-order chi connectivity index (χ0) is 24.2. The molecular formula is C26H30FN5O2. The lowest BCUT2D eigenvalue weighted by molar-refractivity contribution is -0.118. The molecule has 4 rings (SSSR count). The molecule has 7 nitrogen and oxygen atoms in total. The van der Waals surface area contributed by atoms with Gasteiger partial charge in [-0.15, -0.1) is 0 Å². The number of benzene rings is 2. The van der Waals surface area contributed by atoms with Crippen LogP contribution in [0.4, 0.5) is 15.8 Å². The number of carbonyl (C=O) groups is 2. The van der Waals surface area contributed by atoms with Crippen LogP contribution < -0.4 is 10.6 Å². The number of hydrogen-bond donors (Lipinski definition) is 2. The second-order valence-electron chi connectivity index (χ2n) is 8.90. The molecule has 34 heavy (non-hydrogen) atoms. The van der Waals surface area contributed by atoms with Gasteiger partial charge in [0.25, 0.3) is 5.91 Å². The van der Waals surface area contributed by atoms with E-state index in [1.807, 2.05) is 31.2 Å². The first-order valence-corrected chi connectivity index (χ1v) is 11.6. The first kappa shape index (κ1) is 23.6. The zero-order valence-corrected chi connectivity index (χ0v) is 19.8. The maximum atomic E-state index is 14.5. The first-order valence-electron chi connectivity index (χ1n) is 11.6. The molecule has 8 heteroatoms. The Hall–Kier alpha value is -3.52. The summed E-state index contributed by atoms with van der Waals surface area (Å²) in [5.41, 5.74) is 3.37. The van der Waals surface area contributed by atoms with Gasteiger partial charge in [0.1, 0.15) is 5.82 Å². The number of rotatable bonds is 6. The van der Waals surface area contributed by atoms with E-state index in [1.165, 1.54) is 30.8 Å². The van der Waals surface area contributed by atoms with Crippen molar-refractivity contribution in [2.24, 2.45) is 0 Å². The summed E-state index contributed by atoms with van der Waals surface area (Å²) in [7, 11) is 0. The molecule has 1 aliphatic rings. The minimum absolute atomic E-state index is 0.00312. The molecule has 2 heterocycles. The Labute approximate surface area is 199 Å². The average molecular weight is 464 g/mol. The fourth-order valence-corrected chi connectivity index (χ4v) is 4.24. The molecule has 0 bridgehead atoms. The zero-order valence-electron chi connectivity index (χ0n) is 19.8. The van der Waals surface area contributed by atoms with Crippen LogP contribution in [0.3, 0.4) is 0 Å². The van der Waals surface area contributed by atoms with E-state index < -0.39 is 11.7 Å². The average Bonchev–Trinajstić information content (AvgIpc) is 3.19. The van der Waals surface area contributed by atoms with Gasteiger partial charge in [-0.25, -0.2) is 9.07 Å². The molecule has 0 saturated carbocycles. The lowest BCUT2D eigenvalue weighted by Crippen LogP contribution is -2.42. The number of anilines is 2. The topological polar surface area (TPSA) is 79.3 Å². The van der Waals surface area contributed by atoms with Crippen LogP contribution >= 0.6 is 0 Å². The predicted molar refractivity (Wildman–Crippen MR) is 131 cm³/mol. The van der Waals surface area contributed by atoms with E-state index in [-0.39, 0.29) is 18.1 Å². The van der Waals surface area contributed by atoms with Crippen LogP contribution in [0.5, 0.6) is 0 Å². The smallest absolute Gasteiger partial charge is 0.259 e. The van der Waals surface area contributed by atoms with Gasteiger partial charge >= 0.3 is 0 Å². The number of aryl methyl sites for hydroxylation is 1. The van der Waals surface area contributed by atoms with Gasteiger partial charge in [0.2, 0.25) is 5.91 Å². The van der Waals surface area contributed by atoms with Crippen molar-refractivity contribution in [1.29, 1.82) is 0 Å². The Bertz CT molecular complexity index is 1190. The van der Waals surface area contributed by atoms with E-state index in [0.717, 1.165) is 30.6 Å². The van der Waals surface area contributed by atoms with Crippen molar-refractivity contribution in [2.45, 2.75) is 46.1 Å². The van der Waals surface area contributed by atoms with Gasteiger partial charge in [-0.05, 0) is 70.5 Å². The molecule has 2 aromatic carbocycles. The highest BCUT2D eigenvalue weighted by Crippen LogP contribution is 2.22. The summed E-state index contributed by atoms with van der Waals surface area (Å²) in [6, 6.07) is 12.3. The highest BCUT2D eigenvalue weighted by atomic mass is 19.1. The summed E-state index contributed by atoms with van der Waals surface area (Å²) in [5.74, 6) is -1.21. The van der Waals surface area contributed by atoms with Gasteiger partial charge in [0.05, 0.1) is 35.4 Å². The van der Waals surface area contributed by atoms with Gasteiger partial charge in [0.15, 0.2) is 0 Å². The van der Waals surface area contributed by atoms with E-state index >= 15 is 0 Å². The van der Waals surface area contributed by atoms with Crippen LogP contribution in [0, 0.1) is 19.7 Å². The van der Waals surface area contributed by atoms with Crippen LogP contribution in [0.25, 0.3) is 5.69 Å². The summed E-state index contributed by atoms with van der Waals surface area (Å²) < 4.78 is 16.1. The lowest BCUT2D eigenvalue weighted by atomic mass is 10.0. The molecule has 3 aromatic rings. The fraction of sp³-hybridized carbons (Fsp3) is 0.346.